The molecule has 7 heteroatoms. The second-order valence-electron chi connectivity index (χ2n) is 5.37. The van der Waals surface area contributed by atoms with Crippen LogP contribution in [0.3, 0.4) is 0 Å². The highest BCUT2D eigenvalue weighted by Gasteiger charge is 2.08. The smallest absolute Gasteiger partial charge is 0.336 e. The van der Waals surface area contributed by atoms with Crippen LogP contribution in [-0.4, -0.2) is 19.1 Å². The fourth-order valence-corrected chi connectivity index (χ4v) is 2.33. The number of halogens is 1. The summed E-state index contributed by atoms with van der Waals surface area (Å²) in [6.45, 7) is 1.82. The average molecular weight is 357 g/mol. The van der Waals surface area contributed by atoms with E-state index in [0.29, 0.717) is 23.6 Å². The summed E-state index contributed by atoms with van der Waals surface area (Å²) in [5.74, 6) is -0.516. The van der Waals surface area contributed by atoms with Gasteiger partial charge >= 0.3 is 5.63 Å². The molecule has 1 amide bonds. The van der Waals surface area contributed by atoms with Crippen LogP contribution < -0.4 is 20.4 Å². The number of ether oxygens (including phenoxy) is 2. The fraction of sp³-hybridized carbons (Fsp3) is 0.158. The Morgan fingerprint density at radius 1 is 1.12 bits per heavy atom. The van der Waals surface area contributed by atoms with Crippen molar-refractivity contribution in [1.82, 2.24) is 0 Å². The molecular formula is C19H16FNO5. The van der Waals surface area contributed by atoms with Gasteiger partial charge in [-0.1, -0.05) is 0 Å². The zero-order valence-corrected chi connectivity index (χ0v) is 14.0. The first kappa shape index (κ1) is 17.5. The lowest BCUT2D eigenvalue weighted by atomic mass is 10.2. The zero-order chi connectivity index (χ0) is 18.5. The number of hydrogen-bond acceptors (Lipinski definition) is 5. The molecule has 0 saturated heterocycles. The lowest BCUT2D eigenvalue weighted by molar-refractivity contribution is -0.118. The maximum Gasteiger partial charge on any atom is 0.336 e. The maximum atomic E-state index is 13.8. The minimum atomic E-state index is -0.560. The minimum Gasteiger partial charge on any atom is -0.491 e. The van der Waals surface area contributed by atoms with Crippen LogP contribution >= 0.6 is 0 Å². The second-order valence-corrected chi connectivity index (χ2v) is 5.37. The van der Waals surface area contributed by atoms with Crippen molar-refractivity contribution in [2.45, 2.75) is 6.92 Å². The summed E-state index contributed by atoms with van der Waals surface area (Å²) in [6.07, 6.45) is 0. The molecule has 0 aliphatic carbocycles. The third kappa shape index (κ3) is 4.18. The molecule has 0 fully saturated rings. The topological polar surface area (TPSA) is 77.8 Å². The number of nitrogens with one attached hydrogen (secondary N) is 1. The Kier molecular flexibility index (Phi) is 5.17. The van der Waals surface area contributed by atoms with E-state index in [-0.39, 0.29) is 12.4 Å². The minimum absolute atomic E-state index is 0.124. The van der Waals surface area contributed by atoms with E-state index in [1.54, 1.807) is 25.1 Å². The standard InChI is InChI=1S/C19H16FNO5/c1-2-24-16-7-5-13(9-15(16)20)21-18(22)11-25-14-6-3-12-4-8-19(23)26-17(12)10-14/h3-10H,2,11H2,1H3,(H,21,22). The Balaban J connectivity index is 1.62. The van der Waals surface area contributed by atoms with Crippen molar-refractivity contribution in [1.29, 1.82) is 0 Å². The molecule has 0 bridgehead atoms. The predicted molar refractivity (Wildman–Crippen MR) is 94.2 cm³/mol. The SMILES string of the molecule is CCOc1ccc(NC(=O)COc2ccc3ccc(=O)oc3c2)cc1F. The third-order valence-electron chi connectivity index (χ3n) is 3.48. The van der Waals surface area contributed by atoms with Gasteiger partial charge in [-0.2, -0.15) is 0 Å². The van der Waals surface area contributed by atoms with Crippen LogP contribution in [-0.2, 0) is 4.79 Å². The van der Waals surface area contributed by atoms with Crippen LogP contribution in [0.2, 0.25) is 0 Å². The van der Waals surface area contributed by atoms with Crippen LogP contribution in [0.25, 0.3) is 11.0 Å². The van der Waals surface area contributed by atoms with Gasteiger partial charge in [-0.3, -0.25) is 4.79 Å². The summed E-state index contributed by atoms with van der Waals surface area (Å²) < 4.78 is 29.3. The Morgan fingerprint density at radius 3 is 2.69 bits per heavy atom. The van der Waals surface area contributed by atoms with Gasteiger partial charge in [0.2, 0.25) is 0 Å². The number of amides is 1. The van der Waals surface area contributed by atoms with Crippen molar-refractivity contribution in [3.63, 3.8) is 0 Å². The molecule has 1 aromatic heterocycles. The Bertz CT molecular complexity index is 999. The fourth-order valence-electron chi connectivity index (χ4n) is 2.33. The van der Waals surface area contributed by atoms with Crippen LogP contribution in [0.15, 0.2) is 57.7 Å². The molecule has 1 heterocycles. The number of hydrogen-bond donors (Lipinski definition) is 1. The van der Waals surface area contributed by atoms with Crippen molar-refractivity contribution in [3.8, 4) is 11.5 Å². The molecule has 0 aliphatic rings. The zero-order valence-electron chi connectivity index (χ0n) is 14.0. The molecule has 26 heavy (non-hydrogen) atoms. The summed E-state index contributed by atoms with van der Waals surface area (Å²) >= 11 is 0. The molecule has 3 rings (SSSR count). The molecule has 2 aromatic carbocycles. The van der Waals surface area contributed by atoms with Crippen LogP contribution in [0.4, 0.5) is 10.1 Å². The van der Waals surface area contributed by atoms with Gasteiger partial charge in [-0.05, 0) is 37.3 Å². The van der Waals surface area contributed by atoms with E-state index in [2.05, 4.69) is 5.32 Å². The van der Waals surface area contributed by atoms with Crippen LogP contribution in [0.5, 0.6) is 11.5 Å². The normalized spacial score (nSPS) is 10.5. The van der Waals surface area contributed by atoms with Crippen LogP contribution in [0.1, 0.15) is 6.92 Å². The molecule has 0 spiro atoms. The van der Waals surface area contributed by atoms with Crippen molar-refractivity contribution in [3.05, 3.63) is 64.8 Å². The third-order valence-corrected chi connectivity index (χ3v) is 3.48. The van der Waals surface area contributed by atoms with Gasteiger partial charge in [0.1, 0.15) is 11.3 Å². The van der Waals surface area contributed by atoms with E-state index in [1.807, 2.05) is 0 Å². The average Bonchev–Trinajstić information content (AvgIpc) is 2.62. The molecule has 3 aromatic rings. The first-order valence-electron chi connectivity index (χ1n) is 7.94. The molecule has 0 radical (unpaired) electrons. The number of anilines is 1. The molecule has 0 aliphatic heterocycles. The molecule has 6 nitrogen and oxygen atoms in total. The maximum absolute atomic E-state index is 13.8. The number of fused-ring (bicyclic) bond motifs is 1. The second kappa shape index (κ2) is 7.69. The number of carbonyl (C=O) groups is 1. The highest BCUT2D eigenvalue weighted by molar-refractivity contribution is 5.92. The van der Waals surface area contributed by atoms with Crippen molar-refractivity contribution in [2.24, 2.45) is 0 Å². The number of benzene rings is 2. The monoisotopic (exact) mass is 357 g/mol. The summed E-state index contributed by atoms with van der Waals surface area (Å²) in [6, 6.07) is 12.0. The molecule has 0 saturated carbocycles. The summed E-state index contributed by atoms with van der Waals surface area (Å²) in [7, 11) is 0. The van der Waals surface area contributed by atoms with Crippen molar-refractivity contribution in [2.75, 3.05) is 18.5 Å². The lowest BCUT2D eigenvalue weighted by Crippen LogP contribution is -2.20. The Morgan fingerprint density at radius 2 is 1.92 bits per heavy atom. The largest absolute Gasteiger partial charge is 0.491 e. The molecule has 134 valence electrons. The molecule has 0 atom stereocenters. The highest BCUT2D eigenvalue weighted by Crippen LogP contribution is 2.22. The first-order chi connectivity index (χ1) is 12.5. The summed E-state index contributed by atoms with van der Waals surface area (Å²) in [5.41, 5.74) is 0.193. The van der Waals surface area contributed by atoms with Gasteiger partial charge in [-0.15, -0.1) is 0 Å². The van der Waals surface area contributed by atoms with E-state index in [0.717, 1.165) is 5.39 Å². The van der Waals surface area contributed by atoms with Crippen LogP contribution in [0, 0.1) is 5.82 Å². The van der Waals surface area contributed by atoms with Crippen molar-refractivity contribution < 1.29 is 23.1 Å². The van der Waals surface area contributed by atoms with E-state index >= 15 is 0 Å². The van der Waals surface area contributed by atoms with E-state index in [9.17, 15) is 14.0 Å². The van der Waals surface area contributed by atoms with E-state index < -0.39 is 17.3 Å². The summed E-state index contributed by atoms with van der Waals surface area (Å²) in [4.78, 5) is 23.2. The van der Waals surface area contributed by atoms with Gasteiger partial charge in [-0.25, -0.2) is 9.18 Å². The molecule has 1 N–H and O–H groups in total. The van der Waals surface area contributed by atoms with Gasteiger partial charge in [0.15, 0.2) is 18.2 Å². The van der Waals surface area contributed by atoms with Gasteiger partial charge in [0, 0.05) is 29.3 Å². The van der Waals surface area contributed by atoms with E-state index in [4.69, 9.17) is 13.9 Å². The quantitative estimate of drug-likeness (QED) is 0.685. The van der Waals surface area contributed by atoms with Crippen molar-refractivity contribution >= 4 is 22.6 Å². The van der Waals surface area contributed by atoms with Gasteiger partial charge in [0.25, 0.3) is 5.91 Å². The van der Waals surface area contributed by atoms with Gasteiger partial charge < -0.3 is 19.2 Å². The van der Waals surface area contributed by atoms with E-state index in [1.165, 1.54) is 30.3 Å². The Labute approximate surface area is 148 Å². The predicted octanol–water partition coefficient (Wildman–Crippen LogP) is 3.35. The first-order valence-corrected chi connectivity index (χ1v) is 7.94. The molecular weight excluding hydrogens is 341 g/mol. The highest BCUT2D eigenvalue weighted by atomic mass is 19.1. The number of carbonyl (C=O) groups excluding carboxylic acids is 1. The lowest BCUT2D eigenvalue weighted by Gasteiger charge is -2.09. The number of rotatable bonds is 6. The van der Waals surface area contributed by atoms with Gasteiger partial charge in [0.05, 0.1) is 6.61 Å². The Hall–Kier alpha value is -3.35. The molecule has 0 unspecified atom stereocenters. The summed E-state index contributed by atoms with van der Waals surface area (Å²) in [5, 5.41) is 3.28.